The average molecular weight is 255 g/mol. The Balaban J connectivity index is 1.98. The van der Waals surface area contributed by atoms with Crippen molar-refractivity contribution < 1.29 is 0 Å². The van der Waals surface area contributed by atoms with Crippen LogP contribution >= 0.6 is 0 Å². The lowest BCUT2D eigenvalue weighted by molar-refractivity contribution is 0.656. The lowest BCUT2D eigenvalue weighted by atomic mass is 10.0. The van der Waals surface area contributed by atoms with Crippen molar-refractivity contribution in [2.24, 2.45) is 0 Å². The first-order chi connectivity index (χ1) is 9.29. The zero-order valence-corrected chi connectivity index (χ0v) is 11.7. The summed E-state index contributed by atoms with van der Waals surface area (Å²) in [5.74, 6) is 0. The highest BCUT2D eigenvalue weighted by Crippen LogP contribution is 2.24. The van der Waals surface area contributed by atoms with Crippen molar-refractivity contribution >= 4 is 0 Å². The first-order valence-corrected chi connectivity index (χ1v) is 7.09. The van der Waals surface area contributed by atoms with Crippen LogP contribution in [0.1, 0.15) is 35.4 Å². The summed E-state index contributed by atoms with van der Waals surface area (Å²) in [7, 11) is 1.99. The number of nitrogens with one attached hydrogen (secondary N) is 1. The van der Waals surface area contributed by atoms with Gasteiger partial charge in [0.15, 0.2) is 0 Å². The minimum absolute atomic E-state index is 0.925. The summed E-state index contributed by atoms with van der Waals surface area (Å²) < 4.78 is 2.27. The molecule has 0 bridgehead atoms. The van der Waals surface area contributed by atoms with E-state index < -0.39 is 0 Å². The zero-order chi connectivity index (χ0) is 13.2. The van der Waals surface area contributed by atoms with Crippen LogP contribution in [0.3, 0.4) is 0 Å². The van der Waals surface area contributed by atoms with Gasteiger partial charge in [-0.15, -0.1) is 0 Å². The first-order valence-electron chi connectivity index (χ1n) is 7.09. The number of nitrogens with zero attached hydrogens (tertiary/aromatic N) is 2. The molecule has 0 spiro atoms. The van der Waals surface area contributed by atoms with Gasteiger partial charge >= 0.3 is 0 Å². The molecule has 0 fully saturated rings. The van der Waals surface area contributed by atoms with E-state index in [0.717, 1.165) is 19.4 Å². The molecule has 0 saturated carbocycles. The molecule has 0 aliphatic heterocycles. The number of rotatable bonds is 3. The van der Waals surface area contributed by atoms with Gasteiger partial charge in [0.05, 0.1) is 12.0 Å². The van der Waals surface area contributed by atoms with Crippen LogP contribution in [-0.4, -0.2) is 16.6 Å². The van der Waals surface area contributed by atoms with Gasteiger partial charge in [-0.05, 0) is 62.9 Å². The van der Waals surface area contributed by atoms with Crippen molar-refractivity contribution in [1.29, 1.82) is 0 Å². The van der Waals surface area contributed by atoms with Gasteiger partial charge < -0.3 is 9.88 Å². The molecule has 1 aromatic heterocycles. The number of hydrogen-bond donors (Lipinski definition) is 1. The lowest BCUT2D eigenvalue weighted by Gasteiger charge is -2.15. The van der Waals surface area contributed by atoms with Gasteiger partial charge in [0.1, 0.15) is 0 Å². The van der Waals surface area contributed by atoms with E-state index in [9.17, 15) is 0 Å². The van der Waals surface area contributed by atoms with Crippen LogP contribution in [0.25, 0.3) is 5.69 Å². The molecular weight excluding hydrogens is 234 g/mol. The van der Waals surface area contributed by atoms with E-state index in [1.165, 1.54) is 41.0 Å². The SMILES string of the molecule is CNCc1ccc(-n2cnc3c2CCCC3)cc1C. The second kappa shape index (κ2) is 5.17. The molecule has 0 unspecified atom stereocenters. The second-order valence-corrected chi connectivity index (χ2v) is 5.36. The molecule has 0 saturated heterocycles. The molecule has 0 radical (unpaired) electrons. The average Bonchev–Trinajstić information content (AvgIpc) is 2.85. The normalized spacial score (nSPS) is 14.4. The molecule has 1 heterocycles. The molecule has 1 aromatic carbocycles. The largest absolute Gasteiger partial charge is 0.316 e. The maximum atomic E-state index is 4.57. The van der Waals surface area contributed by atoms with Gasteiger partial charge in [-0.1, -0.05) is 6.07 Å². The van der Waals surface area contributed by atoms with Crippen LogP contribution in [0.5, 0.6) is 0 Å². The van der Waals surface area contributed by atoms with Gasteiger partial charge in [-0.3, -0.25) is 0 Å². The smallest absolute Gasteiger partial charge is 0.0997 e. The van der Waals surface area contributed by atoms with Crippen LogP contribution in [0, 0.1) is 6.92 Å². The van der Waals surface area contributed by atoms with E-state index in [-0.39, 0.29) is 0 Å². The van der Waals surface area contributed by atoms with Gasteiger partial charge in [0.25, 0.3) is 0 Å². The Kier molecular flexibility index (Phi) is 3.38. The van der Waals surface area contributed by atoms with E-state index >= 15 is 0 Å². The quantitative estimate of drug-likeness (QED) is 0.914. The molecule has 1 aliphatic carbocycles. The van der Waals surface area contributed by atoms with Crippen LogP contribution < -0.4 is 5.32 Å². The highest BCUT2D eigenvalue weighted by molar-refractivity contribution is 5.42. The highest BCUT2D eigenvalue weighted by Gasteiger charge is 2.16. The summed E-state index contributed by atoms with van der Waals surface area (Å²) in [5.41, 5.74) is 6.65. The summed E-state index contributed by atoms with van der Waals surface area (Å²) in [4.78, 5) is 4.57. The summed E-state index contributed by atoms with van der Waals surface area (Å²) in [6, 6.07) is 6.69. The van der Waals surface area contributed by atoms with Crippen molar-refractivity contribution in [3.05, 3.63) is 47.0 Å². The molecule has 2 aromatic rings. The van der Waals surface area contributed by atoms with Gasteiger partial charge in [0.2, 0.25) is 0 Å². The van der Waals surface area contributed by atoms with Gasteiger partial charge in [-0.25, -0.2) is 4.98 Å². The molecule has 0 atom stereocenters. The van der Waals surface area contributed by atoms with E-state index in [4.69, 9.17) is 0 Å². The Morgan fingerprint density at radius 1 is 1.26 bits per heavy atom. The third-order valence-electron chi connectivity index (χ3n) is 4.00. The van der Waals surface area contributed by atoms with Crippen molar-refractivity contribution in [2.75, 3.05) is 7.05 Å². The predicted molar refractivity (Wildman–Crippen MR) is 77.7 cm³/mol. The Bertz CT molecular complexity index is 584. The van der Waals surface area contributed by atoms with E-state index in [0.29, 0.717) is 0 Å². The Hall–Kier alpha value is -1.61. The van der Waals surface area contributed by atoms with Crippen LogP contribution in [0.15, 0.2) is 24.5 Å². The first kappa shape index (κ1) is 12.4. The number of hydrogen-bond acceptors (Lipinski definition) is 2. The Labute approximate surface area is 114 Å². The third kappa shape index (κ3) is 2.30. The fourth-order valence-electron chi connectivity index (χ4n) is 2.91. The number of imidazole rings is 1. The second-order valence-electron chi connectivity index (χ2n) is 5.36. The van der Waals surface area contributed by atoms with Crippen molar-refractivity contribution in [2.45, 2.75) is 39.2 Å². The van der Waals surface area contributed by atoms with Crippen LogP contribution in [0.2, 0.25) is 0 Å². The van der Waals surface area contributed by atoms with Crippen molar-refractivity contribution in [3.8, 4) is 5.69 Å². The summed E-state index contributed by atoms with van der Waals surface area (Å²) in [5, 5.41) is 3.21. The third-order valence-corrected chi connectivity index (χ3v) is 4.00. The molecule has 1 aliphatic rings. The Morgan fingerprint density at radius 2 is 2.11 bits per heavy atom. The molecule has 100 valence electrons. The summed E-state index contributed by atoms with van der Waals surface area (Å²) in [6.45, 7) is 3.10. The molecule has 19 heavy (non-hydrogen) atoms. The number of aryl methyl sites for hydroxylation is 2. The Morgan fingerprint density at radius 3 is 2.89 bits per heavy atom. The highest BCUT2D eigenvalue weighted by atomic mass is 15.1. The van der Waals surface area contributed by atoms with Gasteiger partial charge in [-0.2, -0.15) is 0 Å². The lowest BCUT2D eigenvalue weighted by Crippen LogP contribution is -2.09. The fourth-order valence-corrected chi connectivity index (χ4v) is 2.91. The zero-order valence-electron chi connectivity index (χ0n) is 11.7. The van der Waals surface area contributed by atoms with E-state index in [1.807, 2.05) is 13.4 Å². The van der Waals surface area contributed by atoms with Crippen molar-refractivity contribution in [3.63, 3.8) is 0 Å². The van der Waals surface area contributed by atoms with Crippen LogP contribution in [0.4, 0.5) is 0 Å². The molecule has 3 rings (SSSR count). The molecule has 0 amide bonds. The topological polar surface area (TPSA) is 29.9 Å². The minimum Gasteiger partial charge on any atom is -0.316 e. The maximum Gasteiger partial charge on any atom is 0.0997 e. The fraction of sp³-hybridized carbons (Fsp3) is 0.438. The number of benzene rings is 1. The summed E-state index contributed by atoms with van der Waals surface area (Å²) >= 11 is 0. The van der Waals surface area contributed by atoms with Gasteiger partial charge in [0, 0.05) is 17.9 Å². The number of aromatic nitrogens is 2. The van der Waals surface area contributed by atoms with Crippen LogP contribution in [-0.2, 0) is 19.4 Å². The predicted octanol–water partition coefficient (Wildman–Crippen LogP) is 2.78. The maximum absolute atomic E-state index is 4.57. The minimum atomic E-state index is 0.925. The molecule has 1 N–H and O–H groups in total. The monoisotopic (exact) mass is 255 g/mol. The van der Waals surface area contributed by atoms with Crippen molar-refractivity contribution in [1.82, 2.24) is 14.9 Å². The molecule has 3 heteroatoms. The van der Waals surface area contributed by atoms with E-state index in [2.05, 4.69) is 40.0 Å². The standard InChI is InChI=1S/C16H21N3/c1-12-9-14(8-7-13(12)10-17-2)19-11-18-15-5-3-4-6-16(15)19/h7-9,11,17H,3-6,10H2,1-2H3. The number of fused-ring (bicyclic) bond motifs is 1. The molecule has 3 nitrogen and oxygen atoms in total. The molecular formula is C16H21N3. The van der Waals surface area contributed by atoms with E-state index in [1.54, 1.807) is 0 Å². The summed E-state index contributed by atoms with van der Waals surface area (Å²) in [6.07, 6.45) is 6.86.